The summed E-state index contributed by atoms with van der Waals surface area (Å²) in [4.78, 5) is 12.4. The number of allylic oxidation sites excluding steroid dienone is 4. The van der Waals surface area contributed by atoms with Crippen LogP contribution in [0.1, 0.15) is 136 Å². The van der Waals surface area contributed by atoms with Crippen molar-refractivity contribution in [2.45, 2.75) is 149 Å². The minimum Gasteiger partial charge on any atom is -0.460 e. The van der Waals surface area contributed by atoms with E-state index in [0.717, 1.165) is 38.5 Å². The third-order valence-corrected chi connectivity index (χ3v) is 8.05. The van der Waals surface area contributed by atoms with Crippen LogP contribution in [0.2, 0.25) is 0 Å². The summed E-state index contributed by atoms with van der Waals surface area (Å²) < 4.78 is 5.75. The normalized spacial score (nSPS) is 27.4. The molecule has 190 valence electrons. The molecule has 0 saturated heterocycles. The Labute approximate surface area is 204 Å². The van der Waals surface area contributed by atoms with Crippen LogP contribution in [0.25, 0.3) is 0 Å². The lowest BCUT2D eigenvalue weighted by Gasteiger charge is -2.29. The van der Waals surface area contributed by atoms with Gasteiger partial charge in [0.25, 0.3) is 0 Å². The number of ether oxygens (including phenoxy) is 1. The first kappa shape index (κ1) is 28.1. The maximum Gasteiger partial charge on any atom is 0.306 e. The zero-order chi connectivity index (χ0) is 23.9. The summed E-state index contributed by atoms with van der Waals surface area (Å²) in [5, 5.41) is 10.8. The Kier molecular flexibility index (Phi) is 13.4. The van der Waals surface area contributed by atoms with Gasteiger partial charge in [-0.15, -0.1) is 0 Å². The predicted molar refractivity (Wildman–Crippen MR) is 139 cm³/mol. The summed E-state index contributed by atoms with van der Waals surface area (Å²) in [7, 11) is 0. The van der Waals surface area contributed by atoms with Crippen LogP contribution >= 0.6 is 0 Å². The van der Waals surface area contributed by atoms with Crippen molar-refractivity contribution in [1.82, 2.24) is 0 Å². The van der Waals surface area contributed by atoms with Crippen LogP contribution in [0.3, 0.4) is 0 Å². The largest absolute Gasteiger partial charge is 0.460 e. The van der Waals surface area contributed by atoms with Crippen molar-refractivity contribution >= 4 is 5.97 Å². The van der Waals surface area contributed by atoms with Gasteiger partial charge in [0.15, 0.2) is 0 Å². The van der Waals surface area contributed by atoms with Crippen molar-refractivity contribution in [3.63, 3.8) is 0 Å². The fourth-order valence-electron chi connectivity index (χ4n) is 5.73. The van der Waals surface area contributed by atoms with Gasteiger partial charge >= 0.3 is 5.97 Å². The van der Waals surface area contributed by atoms with E-state index in [9.17, 15) is 9.90 Å². The first-order chi connectivity index (χ1) is 16.0. The highest BCUT2D eigenvalue weighted by molar-refractivity contribution is 5.69. The number of rotatable bonds is 16. The Bertz CT molecular complexity index is 608. The second-order valence-corrected chi connectivity index (χ2v) is 11.1. The first-order valence-corrected chi connectivity index (χ1v) is 14.1. The summed E-state index contributed by atoms with van der Waals surface area (Å²) in [6.45, 7) is 6.71. The molecule has 3 unspecified atom stereocenters. The zero-order valence-electron chi connectivity index (χ0n) is 22.0. The van der Waals surface area contributed by atoms with Crippen LogP contribution < -0.4 is 0 Å². The molecule has 1 fully saturated rings. The monoisotopic (exact) mass is 460 g/mol. The van der Waals surface area contributed by atoms with E-state index in [-0.39, 0.29) is 23.4 Å². The highest BCUT2D eigenvalue weighted by Gasteiger charge is 2.51. The summed E-state index contributed by atoms with van der Waals surface area (Å²) in [5.41, 5.74) is 1.49. The van der Waals surface area contributed by atoms with Crippen molar-refractivity contribution in [1.29, 1.82) is 0 Å². The molecule has 0 aliphatic heterocycles. The molecule has 2 rings (SSSR count). The van der Waals surface area contributed by atoms with E-state index in [1.807, 2.05) is 0 Å². The number of aliphatic hydroxyl groups is 1. The fraction of sp³-hybridized carbons (Fsp3) is 0.833. The summed E-state index contributed by atoms with van der Waals surface area (Å²) in [6, 6.07) is 0. The molecule has 1 saturated carbocycles. The Morgan fingerprint density at radius 1 is 1.03 bits per heavy atom. The van der Waals surface area contributed by atoms with Crippen LogP contribution in [0.5, 0.6) is 0 Å². The van der Waals surface area contributed by atoms with E-state index in [1.165, 1.54) is 76.2 Å². The van der Waals surface area contributed by atoms with E-state index in [1.54, 1.807) is 0 Å². The Balaban J connectivity index is 1.47. The van der Waals surface area contributed by atoms with Crippen LogP contribution in [0.4, 0.5) is 0 Å². The van der Waals surface area contributed by atoms with Gasteiger partial charge in [0.05, 0.1) is 6.10 Å². The van der Waals surface area contributed by atoms with Crippen LogP contribution in [-0.2, 0) is 9.53 Å². The number of hydrogen-bond acceptors (Lipinski definition) is 3. The Morgan fingerprint density at radius 3 is 2.30 bits per heavy atom. The van der Waals surface area contributed by atoms with Gasteiger partial charge in [0.1, 0.15) is 6.10 Å². The van der Waals surface area contributed by atoms with E-state index in [2.05, 4.69) is 39.0 Å². The van der Waals surface area contributed by atoms with Gasteiger partial charge in [-0.3, -0.25) is 4.79 Å². The third-order valence-electron chi connectivity index (χ3n) is 8.05. The number of carbonyl (C=O) groups is 1. The lowest BCUT2D eigenvalue weighted by atomic mass is 9.76. The fourth-order valence-corrected chi connectivity index (χ4v) is 5.73. The van der Waals surface area contributed by atoms with E-state index in [4.69, 9.17) is 4.74 Å². The lowest BCUT2D eigenvalue weighted by molar-refractivity contribution is -0.154. The number of unbranched alkanes of at least 4 members (excludes halogenated alkanes) is 11. The number of fused-ring (bicyclic) bond motifs is 1. The molecule has 0 heterocycles. The minimum atomic E-state index is -0.507. The van der Waals surface area contributed by atoms with Gasteiger partial charge < -0.3 is 9.84 Å². The molecule has 0 radical (unpaired) electrons. The smallest absolute Gasteiger partial charge is 0.306 e. The second kappa shape index (κ2) is 15.7. The van der Waals surface area contributed by atoms with Gasteiger partial charge in [-0.05, 0) is 76.0 Å². The van der Waals surface area contributed by atoms with Crippen molar-refractivity contribution in [3.05, 3.63) is 23.8 Å². The van der Waals surface area contributed by atoms with E-state index >= 15 is 0 Å². The maximum atomic E-state index is 12.4. The van der Waals surface area contributed by atoms with E-state index < -0.39 is 6.10 Å². The molecule has 1 N–H and O–H groups in total. The first-order valence-electron chi connectivity index (χ1n) is 14.1. The molecular formula is C30H52O3. The average molecular weight is 461 g/mol. The molecule has 0 aromatic rings. The van der Waals surface area contributed by atoms with Crippen molar-refractivity contribution in [2.24, 2.45) is 11.3 Å². The molecule has 0 spiro atoms. The number of carbonyl (C=O) groups excluding carboxylic acids is 1. The SMILES string of the molecule is CCCCCCCC/C=C\CCCCCCCC(=O)OC1CC2(C)CC=C(C)CCC2[C@H]1O. The summed E-state index contributed by atoms with van der Waals surface area (Å²) >= 11 is 0. The molecule has 0 aromatic carbocycles. The lowest BCUT2D eigenvalue weighted by Crippen LogP contribution is -2.31. The quantitative estimate of drug-likeness (QED) is 0.143. The second-order valence-electron chi connectivity index (χ2n) is 11.1. The molecule has 2 aliphatic carbocycles. The van der Waals surface area contributed by atoms with Crippen molar-refractivity contribution in [2.75, 3.05) is 0 Å². The molecule has 2 aliphatic rings. The van der Waals surface area contributed by atoms with Gasteiger partial charge in [-0.1, -0.05) is 89.0 Å². The maximum absolute atomic E-state index is 12.4. The van der Waals surface area contributed by atoms with E-state index in [0.29, 0.717) is 6.42 Å². The molecule has 0 amide bonds. The molecule has 3 heteroatoms. The van der Waals surface area contributed by atoms with Crippen LogP contribution in [-0.4, -0.2) is 23.3 Å². The highest BCUT2D eigenvalue weighted by Crippen LogP contribution is 2.51. The zero-order valence-corrected chi connectivity index (χ0v) is 22.0. The van der Waals surface area contributed by atoms with Crippen molar-refractivity contribution in [3.8, 4) is 0 Å². The van der Waals surface area contributed by atoms with Gasteiger partial charge in [0, 0.05) is 6.42 Å². The molecule has 0 bridgehead atoms. The Hall–Kier alpha value is -1.09. The molecule has 0 aromatic heterocycles. The van der Waals surface area contributed by atoms with Crippen LogP contribution in [0, 0.1) is 11.3 Å². The Morgan fingerprint density at radius 2 is 1.64 bits per heavy atom. The number of hydrogen-bond donors (Lipinski definition) is 1. The van der Waals surface area contributed by atoms with Gasteiger partial charge in [-0.25, -0.2) is 0 Å². The number of esters is 1. The standard InChI is InChI=1S/C30H52O3/c1-4-5-6-7-8-9-10-11-12-13-14-15-16-17-18-19-28(31)33-27-24-30(3)23-22-25(2)20-21-26(30)29(27)32/h11-12,22,26-27,29,32H,4-10,13-21,23-24H2,1-3H3/b12-11-/t26?,27?,29-,30?/m1/s1. The highest BCUT2D eigenvalue weighted by atomic mass is 16.6. The predicted octanol–water partition coefficient (Wildman–Crippen LogP) is 8.45. The molecular weight excluding hydrogens is 408 g/mol. The van der Waals surface area contributed by atoms with Crippen molar-refractivity contribution < 1.29 is 14.6 Å². The average Bonchev–Trinajstić information content (AvgIpc) is 2.92. The topological polar surface area (TPSA) is 46.5 Å². The molecule has 33 heavy (non-hydrogen) atoms. The summed E-state index contributed by atoms with van der Waals surface area (Å²) in [6.07, 6.45) is 26.9. The van der Waals surface area contributed by atoms with Crippen LogP contribution in [0.15, 0.2) is 23.8 Å². The molecule has 4 atom stereocenters. The minimum absolute atomic E-state index is 0.0607. The number of aliphatic hydroxyl groups excluding tert-OH is 1. The molecule has 3 nitrogen and oxygen atoms in total. The van der Waals surface area contributed by atoms with Gasteiger partial charge in [-0.2, -0.15) is 0 Å². The van der Waals surface area contributed by atoms with Gasteiger partial charge in [0.2, 0.25) is 0 Å². The summed E-state index contributed by atoms with van der Waals surface area (Å²) in [5.74, 6) is 0.118. The third kappa shape index (κ3) is 10.4.